The monoisotopic (exact) mass is 392 g/mol. The Bertz CT molecular complexity index is 1240. The number of hydrogen-bond donors (Lipinski definition) is 0. The number of aromatic nitrogens is 1. The molecule has 3 nitrogen and oxygen atoms in total. The highest BCUT2D eigenvalue weighted by Crippen LogP contribution is 2.35. The molecule has 5 rings (SSSR count). The number of amides is 1. The Labute approximate surface area is 177 Å². The van der Waals surface area contributed by atoms with Crippen LogP contribution in [0.2, 0.25) is 0 Å². The van der Waals surface area contributed by atoms with Crippen LogP contribution in [0.4, 0.5) is 5.69 Å². The van der Waals surface area contributed by atoms with E-state index in [-0.39, 0.29) is 11.9 Å². The molecule has 2 heterocycles. The average molecular weight is 393 g/mol. The molecule has 1 amide bonds. The molecular formula is C27H24N2O. The van der Waals surface area contributed by atoms with Crippen molar-refractivity contribution in [3.8, 4) is 11.3 Å². The number of carbonyl (C=O) groups excluding carboxylic acids is 1. The second kappa shape index (κ2) is 7.42. The Kier molecular flexibility index (Phi) is 4.59. The first-order chi connectivity index (χ1) is 14.7. The lowest BCUT2D eigenvalue weighted by Gasteiger charge is -2.24. The van der Waals surface area contributed by atoms with E-state index in [0.717, 1.165) is 40.7 Å². The van der Waals surface area contributed by atoms with Gasteiger partial charge in [-0.1, -0.05) is 67.6 Å². The van der Waals surface area contributed by atoms with Gasteiger partial charge in [-0.3, -0.25) is 4.79 Å². The van der Waals surface area contributed by atoms with E-state index in [2.05, 4.69) is 44.2 Å². The molecule has 1 aliphatic heterocycles. The molecule has 148 valence electrons. The third kappa shape index (κ3) is 3.07. The van der Waals surface area contributed by atoms with Crippen LogP contribution in [0, 0.1) is 0 Å². The van der Waals surface area contributed by atoms with Crippen molar-refractivity contribution in [1.29, 1.82) is 0 Å². The maximum Gasteiger partial charge on any atom is 0.259 e. The highest BCUT2D eigenvalue weighted by Gasteiger charge is 2.32. The molecule has 1 atom stereocenters. The molecule has 0 radical (unpaired) electrons. The molecule has 0 unspecified atom stereocenters. The van der Waals surface area contributed by atoms with E-state index in [9.17, 15) is 4.79 Å². The number of hydrogen-bond acceptors (Lipinski definition) is 2. The summed E-state index contributed by atoms with van der Waals surface area (Å²) in [5, 5.41) is 0.896. The van der Waals surface area contributed by atoms with E-state index in [4.69, 9.17) is 4.98 Å². The lowest BCUT2D eigenvalue weighted by atomic mass is 10.0. The summed E-state index contributed by atoms with van der Waals surface area (Å²) in [5.41, 5.74) is 6.95. The molecule has 1 aromatic heterocycles. The van der Waals surface area contributed by atoms with Crippen molar-refractivity contribution in [3.63, 3.8) is 0 Å². The van der Waals surface area contributed by atoms with E-state index < -0.39 is 0 Å². The summed E-state index contributed by atoms with van der Waals surface area (Å²) in [7, 11) is 0. The average Bonchev–Trinajstić information content (AvgIpc) is 3.13. The highest BCUT2D eigenvalue weighted by molar-refractivity contribution is 6.15. The first-order valence-electron chi connectivity index (χ1n) is 10.6. The summed E-state index contributed by atoms with van der Waals surface area (Å²) in [6.45, 7) is 4.26. The summed E-state index contributed by atoms with van der Waals surface area (Å²) in [6.07, 6.45) is 1.89. The molecule has 3 aromatic carbocycles. The van der Waals surface area contributed by atoms with E-state index >= 15 is 0 Å². The van der Waals surface area contributed by atoms with Gasteiger partial charge in [0.1, 0.15) is 0 Å². The quantitative estimate of drug-likeness (QED) is 0.425. The number of para-hydroxylation sites is 2. The van der Waals surface area contributed by atoms with Crippen LogP contribution < -0.4 is 4.90 Å². The largest absolute Gasteiger partial charge is 0.305 e. The fourth-order valence-electron chi connectivity index (χ4n) is 4.42. The smallest absolute Gasteiger partial charge is 0.259 e. The van der Waals surface area contributed by atoms with Gasteiger partial charge in [0.25, 0.3) is 5.91 Å². The first kappa shape index (κ1) is 18.6. The van der Waals surface area contributed by atoms with Gasteiger partial charge >= 0.3 is 0 Å². The molecule has 0 aliphatic carbocycles. The van der Waals surface area contributed by atoms with Crippen LogP contribution in [-0.4, -0.2) is 16.9 Å². The standard InChI is InChI=1S/C27H24N2O/c1-3-19-12-14-20(15-13-19)25-17-23(22-9-5-6-10-24(22)28-25)27(30)29-18(2)16-21-8-4-7-11-26(21)29/h4-15,17-18H,3,16H2,1-2H3/t18-/m0/s1. The Morgan fingerprint density at radius 1 is 1.00 bits per heavy atom. The van der Waals surface area contributed by atoms with Crippen LogP contribution in [0.25, 0.3) is 22.2 Å². The van der Waals surface area contributed by atoms with Gasteiger partial charge in [0.15, 0.2) is 0 Å². The van der Waals surface area contributed by atoms with Crippen LogP contribution in [0.15, 0.2) is 78.9 Å². The van der Waals surface area contributed by atoms with E-state index in [1.165, 1.54) is 11.1 Å². The van der Waals surface area contributed by atoms with Crippen LogP contribution in [0.5, 0.6) is 0 Å². The summed E-state index contributed by atoms with van der Waals surface area (Å²) >= 11 is 0. The van der Waals surface area contributed by atoms with Gasteiger partial charge in [-0.15, -0.1) is 0 Å². The second-order valence-electron chi connectivity index (χ2n) is 7.98. The summed E-state index contributed by atoms with van der Waals surface area (Å²) in [4.78, 5) is 20.6. The Morgan fingerprint density at radius 2 is 1.73 bits per heavy atom. The van der Waals surface area contributed by atoms with Crippen molar-refractivity contribution in [2.45, 2.75) is 32.7 Å². The molecule has 3 heteroatoms. The molecule has 0 saturated carbocycles. The Balaban J connectivity index is 1.65. The molecule has 0 spiro atoms. The Morgan fingerprint density at radius 3 is 2.53 bits per heavy atom. The third-order valence-corrected chi connectivity index (χ3v) is 6.03. The molecule has 30 heavy (non-hydrogen) atoms. The summed E-state index contributed by atoms with van der Waals surface area (Å²) in [6, 6.07) is 26.7. The van der Waals surface area contributed by atoms with Crippen molar-refractivity contribution in [1.82, 2.24) is 4.98 Å². The van der Waals surface area contributed by atoms with E-state index in [0.29, 0.717) is 5.56 Å². The third-order valence-electron chi connectivity index (χ3n) is 6.03. The van der Waals surface area contributed by atoms with Crippen molar-refractivity contribution in [2.75, 3.05) is 4.90 Å². The first-order valence-corrected chi connectivity index (χ1v) is 10.6. The summed E-state index contributed by atoms with van der Waals surface area (Å²) < 4.78 is 0. The number of nitrogens with zero attached hydrogens (tertiary/aromatic N) is 2. The Hall–Kier alpha value is -3.46. The SMILES string of the molecule is CCc1ccc(-c2cc(C(=O)N3c4ccccc4C[C@@H]3C)c3ccccc3n2)cc1. The van der Waals surface area contributed by atoms with Gasteiger partial charge in [-0.2, -0.15) is 0 Å². The maximum atomic E-state index is 13.8. The zero-order valence-electron chi connectivity index (χ0n) is 17.3. The lowest BCUT2D eigenvalue weighted by molar-refractivity contribution is 0.0983. The van der Waals surface area contributed by atoms with Crippen molar-refractivity contribution >= 4 is 22.5 Å². The minimum Gasteiger partial charge on any atom is -0.305 e. The van der Waals surface area contributed by atoms with Crippen molar-refractivity contribution in [3.05, 3.63) is 95.6 Å². The fourth-order valence-corrected chi connectivity index (χ4v) is 4.42. The second-order valence-corrected chi connectivity index (χ2v) is 7.98. The number of fused-ring (bicyclic) bond motifs is 2. The predicted molar refractivity (Wildman–Crippen MR) is 123 cm³/mol. The minimum absolute atomic E-state index is 0.0393. The number of pyridine rings is 1. The normalized spacial score (nSPS) is 15.4. The van der Waals surface area contributed by atoms with Gasteiger partial charge in [-0.25, -0.2) is 4.98 Å². The van der Waals surface area contributed by atoms with Crippen LogP contribution in [-0.2, 0) is 12.8 Å². The van der Waals surface area contributed by atoms with Crippen LogP contribution >= 0.6 is 0 Å². The van der Waals surface area contributed by atoms with Crippen molar-refractivity contribution < 1.29 is 4.79 Å². The highest BCUT2D eigenvalue weighted by atomic mass is 16.2. The molecule has 1 aliphatic rings. The number of rotatable bonds is 3. The molecule has 4 aromatic rings. The zero-order chi connectivity index (χ0) is 20.7. The molecular weight excluding hydrogens is 368 g/mol. The molecule has 0 saturated heterocycles. The predicted octanol–water partition coefficient (Wildman–Crippen LogP) is 6.06. The van der Waals surface area contributed by atoms with Gasteiger partial charge in [-0.05, 0) is 49.1 Å². The lowest BCUT2D eigenvalue weighted by Crippen LogP contribution is -2.35. The molecule has 0 N–H and O–H groups in total. The summed E-state index contributed by atoms with van der Waals surface area (Å²) in [5.74, 6) is 0.0393. The van der Waals surface area contributed by atoms with Crippen molar-refractivity contribution in [2.24, 2.45) is 0 Å². The van der Waals surface area contributed by atoms with E-state index in [1.54, 1.807) is 0 Å². The number of carbonyl (C=O) groups is 1. The maximum absolute atomic E-state index is 13.8. The minimum atomic E-state index is 0.0393. The van der Waals surface area contributed by atoms with E-state index in [1.807, 2.05) is 53.4 Å². The van der Waals surface area contributed by atoms with Gasteiger partial charge < -0.3 is 4.90 Å². The van der Waals surface area contributed by atoms with Gasteiger partial charge in [0, 0.05) is 22.7 Å². The number of aryl methyl sites for hydroxylation is 1. The number of benzene rings is 3. The molecule has 0 fully saturated rings. The van der Waals surface area contributed by atoms with Gasteiger partial charge in [0.2, 0.25) is 0 Å². The zero-order valence-corrected chi connectivity index (χ0v) is 17.3. The van der Waals surface area contributed by atoms with Crippen LogP contribution in [0.1, 0.15) is 35.3 Å². The number of anilines is 1. The van der Waals surface area contributed by atoms with Gasteiger partial charge in [0.05, 0.1) is 16.8 Å². The fraction of sp³-hybridized carbons (Fsp3) is 0.185. The molecule has 0 bridgehead atoms. The van der Waals surface area contributed by atoms with Crippen LogP contribution in [0.3, 0.4) is 0 Å². The topological polar surface area (TPSA) is 33.2 Å².